The number of nitrogens with two attached hydrogens (primary N) is 1. The Bertz CT molecular complexity index is 380. The molecule has 0 radical (unpaired) electrons. The van der Waals surface area contributed by atoms with Crippen LogP contribution in [0.3, 0.4) is 0 Å². The molecule has 3 heteroatoms. The maximum absolute atomic E-state index is 10.1. The lowest BCUT2D eigenvalue weighted by atomic mass is 9.91. The topological polar surface area (TPSA) is 49.5 Å². The fourth-order valence-corrected chi connectivity index (χ4v) is 2.63. The largest absolute Gasteiger partial charge is 0.388 e. The van der Waals surface area contributed by atoms with Crippen LogP contribution in [-0.4, -0.2) is 41.8 Å². The number of piperidine rings is 1. The molecule has 1 aliphatic heterocycles. The fraction of sp³-hybridized carbons (Fsp3) is 0.625. The molecule has 3 nitrogen and oxygen atoms in total. The quantitative estimate of drug-likeness (QED) is 0.847. The normalized spacial score (nSPS) is 19.5. The monoisotopic (exact) mass is 262 g/mol. The van der Waals surface area contributed by atoms with Crippen LogP contribution in [0.2, 0.25) is 0 Å². The highest BCUT2D eigenvalue weighted by Gasteiger charge is 2.30. The molecular formula is C16H26N2O. The molecule has 1 aromatic carbocycles. The molecule has 0 amide bonds. The zero-order valence-corrected chi connectivity index (χ0v) is 11.9. The molecule has 0 aliphatic carbocycles. The van der Waals surface area contributed by atoms with Crippen molar-refractivity contribution in [2.75, 3.05) is 26.2 Å². The molecule has 2 rings (SSSR count). The van der Waals surface area contributed by atoms with E-state index < -0.39 is 5.60 Å². The van der Waals surface area contributed by atoms with Gasteiger partial charge in [-0.15, -0.1) is 0 Å². The average molecular weight is 262 g/mol. The number of rotatable bonds is 5. The van der Waals surface area contributed by atoms with E-state index in [1.165, 1.54) is 11.1 Å². The summed E-state index contributed by atoms with van der Waals surface area (Å²) in [5.41, 5.74) is 7.79. The van der Waals surface area contributed by atoms with Crippen molar-refractivity contribution in [1.29, 1.82) is 0 Å². The summed E-state index contributed by atoms with van der Waals surface area (Å²) in [7, 11) is 0. The van der Waals surface area contributed by atoms with E-state index >= 15 is 0 Å². The Morgan fingerprint density at radius 3 is 2.26 bits per heavy atom. The Hall–Kier alpha value is -0.900. The van der Waals surface area contributed by atoms with Gasteiger partial charge in [-0.05, 0) is 36.8 Å². The Morgan fingerprint density at radius 2 is 1.74 bits per heavy atom. The first-order valence-corrected chi connectivity index (χ1v) is 7.38. The van der Waals surface area contributed by atoms with Crippen molar-refractivity contribution < 1.29 is 5.11 Å². The van der Waals surface area contributed by atoms with E-state index in [9.17, 15) is 5.11 Å². The van der Waals surface area contributed by atoms with E-state index in [1.807, 2.05) is 0 Å². The van der Waals surface area contributed by atoms with Gasteiger partial charge in [0, 0.05) is 26.2 Å². The number of nitrogens with zero attached hydrogens (tertiary/aromatic N) is 1. The first-order chi connectivity index (χ1) is 9.15. The van der Waals surface area contributed by atoms with Crippen molar-refractivity contribution in [2.24, 2.45) is 5.73 Å². The van der Waals surface area contributed by atoms with Crippen LogP contribution in [0.25, 0.3) is 0 Å². The minimum absolute atomic E-state index is 0.388. The first-order valence-electron chi connectivity index (χ1n) is 7.38. The second-order valence-electron chi connectivity index (χ2n) is 5.69. The Kier molecular flexibility index (Phi) is 4.97. The Labute approximate surface area is 116 Å². The minimum atomic E-state index is -0.612. The molecule has 0 bridgehead atoms. The lowest BCUT2D eigenvalue weighted by Gasteiger charge is -2.37. The molecule has 0 spiro atoms. The summed E-state index contributed by atoms with van der Waals surface area (Å²) in [6.45, 7) is 5.56. The molecule has 106 valence electrons. The molecule has 1 aliphatic rings. The molecule has 1 heterocycles. The molecule has 3 N–H and O–H groups in total. The number of benzene rings is 1. The summed E-state index contributed by atoms with van der Waals surface area (Å²) in [6, 6.07) is 8.91. The predicted molar refractivity (Wildman–Crippen MR) is 79.2 cm³/mol. The highest BCUT2D eigenvalue weighted by molar-refractivity contribution is 5.22. The van der Waals surface area contributed by atoms with Crippen LogP contribution >= 0.6 is 0 Å². The van der Waals surface area contributed by atoms with Crippen molar-refractivity contribution >= 4 is 0 Å². The van der Waals surface area contributed by atoms with Gasteiger partial charge in [-0.2, -0.15) is 0 Å². The van der Waals surface area contributed by atoms with E-state index in [0.29, 0.717) is 6.54 Å². The van der Waals surface area contributed by atoms with E-state index in [-0.39, 0.29) is 0 Å². The van der Waals surface area contributed by atoms with E-state index in [1.54, 1.807) is 0 Å². The number of likely N-dealkylation sites (tertiary alicyclic amines) is 1. The zero-order chi connectivity index (χ0) is 13.7. The molecule has 1 fully saturated rings. The first kappa shape index (κ1) is 14.5. The third kappa shape index (κ3) is 4.03. The standard InChI is InChI=1S/C16H26N2O/c1-2-14-3-5-15(6-4-14)7-10-18-11-8-16(19,13-17)9-12-18/h3-6,19H,2,7-13,17H2,1H3. The van der Waals surface area contributed by atoms with Crippen LogP contribution in [0.1, 0.15) is 30.9 Å². The van der Waals surface area contributed by atoms with Crippen molar-refractivity contribution in [3.8, 4) is 0 Å². The van der Waals surface area contributed by atoms with Crippen molar-refractivity contribution in [3.05, 3.63) is 35.4 Å². The SMILES string of the molecule is CCc1ccc(CCN2CCC(O)(CN)CC2)cc1. The highest BCUT2D eigenvalue weighted by atomic mass is 16.3. The molecular weight excluding hydrogens is 236 g/mol. The van der Waals surface area contributed by atoms with Crippen molar-refractivity contribution in [1.82, 2.24) is 4.90 Å². The average Bonchev–Trinajstić information content (AvgIpc) is 2.47. The summed E-state index contributed by atoms with van der Waals surface area (Å²) < 4.78 is 0. The van der Waals surface area contributed by atoms with Gasteiger partial charge in [0.2, 0.25) is 0 Å². The second kappa shape index (κ2) is 6.51. The third-order valence-corrected chi connectivity index (χ3v) is 4.31. The molecule has 0 unspecified atom stereocenters. The summed E-state index contributed by atoms with van der Waals surface area (Å²) in [6.07, 6.45) is 3.80. The number of hydrogen-bond donors (Lipinski definition) is 2. The number of aryl methyl sites for hydroxylation is 1. The summed E-state index contributed by atoms with van der Waals surface area (Å²) in [5, 5.41) is 10.1. The molecule has 1 aromatic rings. The van der Waals surface area contributed by atoms with Crippen LogP contribution in [0.15, 0.2) is 24.3 Å². The van der Waals surface area contributed by atoms with E-state index in [0.717, 1.165) is 45.3 Å². The van der Waals surface area contributed by atoms with Gasteiger partial charge in [-0.1, -0.05) is 31.2 Å². The van der Waals surface area contributed by atoms with Crippen LogP contribution < -0.4 is 5.73 Å². The predicted octanol–water partition coefficient (Wildman–Crippen LogP) is 1.58. The van der Waals surface area contributed by atoms with E-state index in [4.69, 9.17) is 5.73 Å². The fourth-order valence-electron chi connectivity index (χ4n) is 2.63. The molecule has 0 atom stereocenters. The molecule has 19 heavy (non-hydrogen) atoms. The van der Waals surface area contributed by atoms with Gasteiger partial charge in [0.05, 0.1) is 5.60 Å². The lowest BCUT2D eigenvalue weighted by Crippen LogP contribution is -2.49. The van der Waals surface area contributed by atoms with Crippen LogP contribution in [0.5, 0.6) is 0 Å². The maximum Gasteiger partial charge on any atom is 0.0793 e. The van der Waals surface area contributed by atoms with Gasteiger partial charge >= 0.3 is 0 Å². The smallest absolute Gasteiger partial charge is 0.0793 e. The lowest BCUT2D eigenvalue weighted by molar-refractivity contribution is -0.0130. The summed E-state index contributed by atoms with van der Waals surface area (Å²) in [4.78, 5) is 2.43. The van der Waals surface area contributed by atoms with Crippen LogP contribution in [0.4, 0.5) is 0 Å². The summed E-state index contributed by atoms with van der Waals surface area (Å²) >= 11 is 0. The third-order valence-electron chi connectivity index (χ3n) is 4.31. The van der Waals surface area contributed by atoms with Crippen LogP contribution in [0, 0.1) is 0 Å². The number of aliphatic hydroxyl groups is 1. The molecule has 0 aromatic heterocycles. The minimum Gasteiger partial charge on any atom is -0.388 e. The van der Waals surface area contributed by atoms with Crippen molar-refractivity contribution in [3.63, 3.8) is 0 Å². The maximum atomic E-state index is 10.1. The van der Waals surface area contributed by atoms with Gasteiger partial charge in [-0.3, -0.25) is 0 Å². The van der Waals surface area contributed by atoms with Gasteiger partial charge < -0.3 is 15.7 Å². The summed E-state index contributed by atoms with van der Waals surface area (Å²) in [5.74, 6) is 0. The van der Waals surface area contributed by atoms with Gasteiger partial charge in [0.15, 0.2) is 0 Å². The molecule has 0 saturated carbocycles. The van der Waals surface area contributed by atoms with E-state index in [2.05, 4.69) is 36.1 Å². The van der Waals surface area contributed by atoms with Crippen molar-refractivity contribution in [2.45, 2.75) is 38.2 Å². The van der Waals surface area contributed by atoms with Crippen LogP contribution in [-0.2, 0) is 12.8 Å². The highest BCUT2D eigenvalue weighted by Crippen LogP contribution is 2.21. The molecule has 1 saturated heterocycles. The zero-order valence-electron chi connectivity index (χ0n) is 11.9. The Morgan fingerprint density at radius 1 is 1.16 bits per heavy atom. The van der Waals surface area contributed by atoms with Gasteiger partial charge in [0.1, 0.15) is 0 Å². The Balaban J connectivity index is 1.77. The number of hydrogen-bond acceptors (Lipinski definition) is 3. The van der Waals surface area contributed by atoms with Gasteiger partial charge in [-0.25, -0.2) is 0 Å². The van der Waals surface area contributed by atoms with Gasteiger partial charge in [0.25, 0.3) is 0 Å². The second-order valence-corrected chi connectivity index (χ2v) is 5.69.